The van der Waals surface area contributed by atoms with Crippen molar-refractivity contribution in [1.29, 1.82) is 0 Å². The number of pyridine rings is 1. The van der Waals surface area contributed by atoms with Gasteiger partial charge in [0.2, 0.25) is 0 Å². The van der Waals surface area contributed by atoms with E-state index in [-0.39, 0.29) is 10.9 Å². The van der Waals surface area contributed by atoms with Crippen molar-refractivity contribution >= 4 is 62.0 Å². The average molecular weight is 520 g/mol. The standard InChI is InChI=1S/C27H19Cl2N3O2S/c1-34-17-12-10-16(11-13-17)21-14-18(15-6-3-2-4-7-15)22-24(30)25(35-27(22)32-21)26(33)31-20-9-5-8-19(28)23(20)29/h2-14H,30H2,1H3,(H,31,33). The van der Waals surface area contributed by atoms with Crippen LogP contribution in [0.5, 0.6) is 5.75 Å². The summed E-state index contributed by atoms with van der Waals surface area (Å²) < 4.78 is 5.28. The highest BCUT2D eigenvalue weighted by atomic mass is 35.5. The van der Waals surface area contributed by atoms with Gasteiger partial charge in [0.05, 0.1) is 34.2 Å². The zero-order valence-electron chi connectivity index (χ0n) is 18.5. The molecule has 2 aromatic heterocycles. The zero-order chi connectivity index (χ0) is 24.5. The van der Waals surface area contributed by atoms with Crippen LogP contribution < -0.4 is 15.8 Å². The molecule has 8 heteroatoms. The summed E-state index contributed by atoms with van der Waals surface area (Å²) >= 11 is 13.6. The molecule has 0 fully saturated rings. The molecule has 5 aromatic rings. The highest BCUT2D eigenvalue weighted by molar-refractivity contribution is 7.21. The molecule has 5 rings (SSSR count). The van der Waals surface area contributed by atoms with Crippen molar-refractivity contribution in [1.82, 2.24) is 4.98 Å². The maximum atomic E-state index is 13.2. The molecule has 35 heavy (non-hydrogen) atoms. The van der Waals surface area contributed by atoms with E-state index >= 15 is 0 Å². The first kappa shape index (κ1) is 23.2. The van der Waals surface area contributed by atoms with Crippen molar-refractivity contribution in [3.63, 3.8) is 0 Å². The number of anilines is 2. The number of benzene rings is 3. The third-order valence-corrected chi connectivity index (χ3v) is 7.49. The van der Waals surface area contributed by atoms with Crippen LogP contribution in [0.15, 0.2) is 78.9 Å². The number of hydrogen-bond acceptors (Lipinski definition) is 5. The first-order chi connectivity index (χ1) is 17.0. The molecule has 0 spiro atoms. The fourth-order valence-corrected chi connectivity index (χ4v) is 5.19. The van der Waals surface area contributed by atoms with Crippen molar-refractivity contribution in [2.45, 2.75) is 0 Å². The van der Waals surface area contributed by atoms with E-state index < -0.39 is 0 Å². The van der Waals surface area contributed by atoms with Gasteiger partial charge in [0, 0.05) is 10.9 Å². The van der Waals surface area contributed by atoms with E-state index in [1.807, 2.05) is 60.7 Å². The molecule has 0 aliphatic rings. The number of hydrogen-bond donors (Lipinski definition) is 2. The highest BCUT2D eigenvalue weighted by Gasteiger charge is 2.22. The first-order valence-electron chi connectivity index (χ1n) is 10.6. The Morgan fingerprint density at radius 3 is 2.43 bits per heavy atom. The van der Waals surface area contributed by atoms with E-state index in [1.54, 1.807) is 25.3 Å². The molecule has 0 aliphatic heterocycles. The van der Waals surface area contributed by atoms with Crippen molar-refractivity contribution in [3.05, 3.63) is 93.8 Å². The van der Waals surface area contributed by atoms with Crippen LogP contribution >= 0.6 is 34.5 Å². The molecule has 174 valence electrons. The molecule has 0 atom stereocenters. The van der Waals surface area contributed by atoms with Crippen LogP contribution in [0.25, 0.3) is 32.6 Å². The second-order valence-corrected chi connectivity index (χ2v) is 9.51. The molecule has 0 radical (unpaired) electrons. The lowest BCUT2D eigenvalue weighted by molar-refractivity contribution is 0.103. The fourth-order valence-electron chi connectivity index (χ4n) is 3.82. The second kappa shape index (κ2) is 9.58. The molecular formula is C27H19Cl2N3O2S. The predicted octanol–water partition coefficient (Wildman–Crippen LogP) is 7.78. The molecule has 0 saturated heterocycles. The van der Waals surface area contributed by atoms with Crippen LogP contribution in [-0.4, -0.2) is 18.0 Å². The summed E-state index contributed by atoms with van der Waals surface area (Å²) in [5.41, 5.74) is 10.9. The van der Waals surface area contributed by atoms with Crippen molar-refractivity contribution in [2.75, 3.05) is 18.2 Å². The van der Waals surface area contributed by atoms with Gasteiger partial charge in [-0.25, -0.2) is 4.98 Å². The molecule has 5 nitrogen and oxygen atoms in total. The van der Waals surface area contributed by atoms with Crippen LogP contribution in [-0.2, 0) is 0 Å². The van der Waals surface area contributed by atoms with Crippen LogP contribution in [0, 0.1) is 0 Å². The van der Waals surface area contributed by atoms with Gasteiger partial charge >= 0.3 is 0 Å². The van der Waals surface area contributed by atoms with E-state index in [4.69, 9.17) is 38.7 Å². The summed E-state index contributed by atoms with van der Waals surface area (Å²) in [4.78, 5) is 19.1. The van der Waals surface area contributed by atoms with Crippen molar-refractivity contribution < 1.29 is 9.53 Å². The van der Waals surface area contributed by atoms with E-state index in [1.165, 1.54) is 11.3 Å². The fraction of sp³-hybridized carbons (Fsp3) is 0.0370. The van der Waals surface area contributed by atoms with Gasteiger partial charge in [-0.2, -0.15) is 0 Å². The van der Waals surface area contributed by atoms with Gasteiger partial charge in [0.25, 0.3) is 5.91 Å². The normalized spacial score (nSPS) is 10.9. The van der Waals surface area contributed by atoms with E-state index in [9.17, 15) is 4.79 Å². The third-order valence-electron chi connectivity index (χ3n) is 5.58. The number of nitrogens with one attached hydrogen (secondary N) is 1. The van der Waals surface area contributed by atoms with Crippen LogP contribution in [0.1, 0.15) is 9.67 Å². The predicted molar refractivity (Wildman–Crippen MR) is 146 cm³/mol. The number of nitrogens with two attached hydrogens (primary N) is 1. The molecule has 3 N–H and O–H groups in total. The second-order valence-electron chi connectivity index (χ2n) is 7.73. The molecule has 1 amide bonds. The molecule has 2 heterocycles. The topological polar surface area (TPSA) is 77.2 Å². The van der Waals surface area contributed by atoms with Crippen LogP contribution in [0.3, 0.4) is 0 Å². The number of nitrogen functional groups attached to an aromatic ring is 1. The number of ether oxygens (including phenoxy) is 1. The lowest BCUT2D eigenvalue weighted by atomic mass is 9.99. The Bertz CT molecular complexity index is 1550. The van der Waals surface area contributed by atoms with Gasteiger partial charge in [-0.3, -0.25) is 4.79 Å². The molecular weight excluding hydrogens is 501 g/mol. The Hall–Kier alpha value is -3.58. The number of halogens is 2. The summed E-state index contributed by atoms with van der Waals surface area (Å²) in [5, 5.41) is 4.18. The number of carbonyl (C=O) groups is 1. The van der Waals surface area contributed by atoms with Crippen LogP contribution in [0.2, 0.25) is 10.0 Å². The van der Waals surface area contributed by atoms with Gasteiger partial charge < -0.3 is 15.8 Å². The number of thiophene rings is 1. The summed E-state index contributed by atoms with van der Waals surface area (Å²) in [6.45, 7) is 0. The van der Waals surface area contributed by atoms with Gasteiger partial charge in [0.1, 0.15) is 15.5 Å². The quantitative estimate of drug-likeness (QED) is 0.248. The zero-order valence-corrected chi connectivity index (χ0v) is 20.8. The summed E-state index contributed by atoms with van der Waals surface area (Å²) in [6.07, 6.45) is 0. The minimum absolute atomic E-state index is 0.270. The first-order valence-corrected chi connectivity index (χ1v) is 12.2. The van der Waals surface area contributed by atoms with Gasteiger partial charge in [-0.15, -0.1) is 11.3 Å². The number of nitrogens with zero attached hydrogens (tertiary/aromatic N) is 1. The highest BCUT2D eigenvalue weighted by Crippen LogP contribution is 2.42. The number of fused-ring (bicyclic) bond motifs is 1. The van der Waals surface area contributed by atoms with E-state index in [2.05, 4.69) is 5.32 Å². The Morgan fingerprint density at radius 1 is 0.971 bits per heavy atom. The van der Waals surface area contributed by atoms with E-state index in [0.717, 1.165) is 33.5 Å². The molecule has 0 saturated carbocycles. The molecule has 3 aromatic carbocycles. The molecule has 0 bridgehead atoms. The average Bonchev–Trinajstić information content (AvgIpc) is 3.23. The number of rotatable bonds is 5. The minimum Gasteiger partial charge on any atom is -0.497 e. The number of amides is 1. The molecule has 0 unspecified atom stereocenters. The number of aromatic nitrogens is 1. The Kier molecular flexibility index (Phi) is 6.34. The lowest BCUT2D eigenvalue weighted by Crippen LogP contribution is -2.12. The third kappa shape index (κ3) is 4.44. The summed E-state index contributed by atoms with van der Waals surface area (Å²) in [7, 11) is 1.63. The summed E-state index contributed by atoms with van der Waals surface area (Å²) in [5.74, 6) is 0.386. The SMILES string of the molecule is COc1ccc(-c2cc(-c3ccccc3)c3c(N)c(C(=O)Nc4cccc(Cl)c4Cl)sc3n2)cc1. The van der Waals surface area contributed by atoms with Crippen LogP contribution in [0.4, 0.5) is 11.4 Å². The van der Waals surface area contributed by atoms with Gasteiger partial charge in [0.15, 0.2) is 0 Å². The monoisotopic (exact) mass is 519 g/mol. The largest absolute Gasteiger partial charge is 0.497 e. The van der Waals surface area contributed by atoms with Gasteiger partial charge in [-0.05, 0) is 53.6 Å². The summed E-state index contributed by atoms with van der Waals surface area (Å²) in [6, 6.07) is 24.6. The maximum absolute atomic E-state index is 13.2. The molecule has 0 aliphatic carbocycles. The Balaban J connectivity index is 1.65. The minimum atomic E-state index is -0.375. The Labute approximate surface area is 216 Å². The van der Waals surface area contributed by atoms with Gasteiger partial charge in [-0.1, -0.05) is 59.6 Å². The van der Waals surface area contributed by atoms with Crippen molar-refractivity contribution in [3.8, 4) is 28.1 Å². The Morgan fingerprint density at radius 2 is 1.71 bits per heavy atom. The lowest BCUT2D eigenvalue weighted by Gasteiger charge is -2.10. The smallest absolute Gasteiger partial charge is 0.267 e. The van der Waals surface area contributed by atoms with E-state index in [0.29, 0.717) is 26.1 Å². The number of carbonyl (C=O) groups excluding carboxylic acids is 1. The maximum Gasteiger partial charge on any atom is 0.267 e. The van der Waals surface area contributed by atoms with Crippen molar-refractivity contribution in [2.24, 2.45) is 0 Å². The number of methoxy groups -OCH3 is 1.